The summed E-state index contributed by atoms with van der Waals surface area (Å²) in [6.45, 7) is 11.7. The van der Waals surface area contributed by atoms with Crippen molar-refractivity contribution in [2.24, 2.45) is 0 Å². The van der Waals surface area contributed by atoms with Gasteiger partial charge in [0, 0.05) is 55.5 Å². The number of likely N-dealkylation sites (tertiary alicyclic amines) is 1. The van der Waals surface area contributed by atoms with Crippen LogP contribution in [0, 0.1) is 0 Å². The molecule has 14 nitrogen and oxygen atoms in total. The quantitative estimate of drug-likeness (QED) is 0.139. The molecule has 1 atom stereocenters. The highest BCUT2D eigenvalue weighted by Crippen LogP contribution is 2.34. The van der Waals surface area contributed by atoms with Gasteiger partial charge in [0.2, 0.25) is 0 Å². The Morgan fingerprint density at radius 3 is 2.06 bits per heavy atom. The van der Waals surface area contributed by atoms with Crippen LogP contribution in [0.2, 0.25) is 0 Å². The van der Waals surface area contributed by atoms with Crippen LogP contribution >= 0.6 is 0 Å². The summed E-state index contributed by atoms with van der Waals surface area (Å²) < 4.78 is 36.3. The van der Waals surface area contributed by atoms with Crippen molar-refractivity contribution in [1.29, 1.82) is 0 Å². The van der Waals surface area contributed by atoms with Gasteiger partial charge in [0.15, 0.2) is 11.5 Å². The van der Waals surface area contributed by atoms with Crippen LogP contribution in [-0.4, -0.2) is 89.9 Å². The van der Waals surface area contributed by atoms with Crippen molar-refractivity contribution in [3.63, 3.8) is 0 Å². The lowest BCUT2D eigenvalue weighted by Gasteiger charge is -2.33. The summed E-state index contributed by atoms with van der Waals surface area (Å²) >= 11 is 0. The number of imidazole rings is 1. The molecular formula is C38H53N7O7. The third-order valence-corrected chi connectivity index (χ3v) is 8.84. The van der Waals surface area contributed by atoms with Gasteiger partial charge in [0.05, 0.1) is 40.7 Å². The standard InChI is InChI=1S/C38H53N7O7/c1-10-11-25(2)51-36-41-35(34-39-22-33(45(34)42-36)40-28-16-18-43(19-17-28)37(46)52-38(3,4)5)44(23-26-12-14-29(47-6)20-31(26)49-8)24-27-13-15-30(48-7)21-32(27)50-9/h12-15,20-22,25,28,40H,10-11,16-19,23-24H2,1-9H3/t25-/m0/s1. The third-order valence-electron chi connectivity index (χ3n) is 8.84. The molecule has 0 saturated carbocycles. The molecule has 2 aromatic carbocycles. The molecular weight excluding hydrogens is 666 g/mol. The van der Waals surface area contributed by atoms with Gasteiger partial charge < -0.3 is 43.5 Å². The molecule has 1 N–H and O–H groups in total. The van der Waals surface area contributed by atoms with E-state index >= 15 is 0 Å². The molecule has 14 heteroatoms. The van der Waals surface area contributed by atoms with Crippen LogP contribution in [0.4, 0.5) is 16.4 Å². The number of nitrogens with one attached hydrogen (secondary N) is 1. The van der Waals surface area contributed by atoms with E-state index in [-0.39, 0.29) is 24.2 Å². The van der Waals surface area contributed by atoms with Crippen molar-refractivity contribution in [3.8, 4) is 29.0 Å². The highest BCUT2D eigenvalue weighted by molar-refractivity contribution is 5.69. The number of rotatable bonds is 15. The zero-order valence-corrected chi connectivity index (χ0v) is 31.9. The first-order valence-corrected chi connectivity index (χ1v) is 17.8. The molecule has 1 saturated heterocycles. The number of piperidine rings is 1. The van der Waals surface area contributed by atoms with Crippen molar-refractivity contribution in [2.45, 2.75) is 91.1 Å². The van der Waals surface area contributed by atoms with Crippen LogP contribution in [0.15, 0.2) is 42.6 Å². The molecule has 1 aliphatic heterocycles. The minimum Gasteiger partial charge on any atom is -0.497 e. The van der Waals surface area contributed by atoms with Crippen LogP contribution < -0.4 is 33.9 Å². The van der Waals surface area contributed by atoms with Gasteiger partial charge in [-0.05, 0) is 71.2 Å². The topological polar surface area (TPSA) is 134 Å². The van der Waals surface area contributed by atoms with Gasteiger partial charge in [-0.1, -0.05) is 13.3 Å². The number of carbonyl (C=O) groups excluding carboxylic acids is 1. The summed E-state index contributed by atoms with van der Waals surface area (Å²) in [4.78, 5) is 26.4. The molecule has 1 fully saturated rings. The molecule has 2 aromatic heterocycles. The maximum absolute atomic E-state index is 12.7. The number of anilines is 2. The Bertz CT molecular complexity index is 1740. The van der Waals surface area contributed by atoms with E-state index in [0.717, 1.165) is 36.8 Å². The van der Waals surface area contributed by atoms with Gasteiger partial charge in [-0.15, -0.1) is 5.10 Å². The molecule has 0 bridgehead atoms. The average molecular weight is 720 g/mol. The summed E-state index contributed by atoms with van der Waals surface area (Å²) in [7, 11) is 6.54. The first-order chi connectivity index (χ1) is 24.9. The van der Waals surface area contributed by atoms with Crippen LogP contribution in [0.5, 0.6) is 29.0 Å². The number of hydrogen-bond donors (Lipinski definition) is 1. The van der Waals surface area contributed by atoms with Gasteiger partial charge >= 0.3 is 12.1 Å². The van der Waals surface area contributed by atoms with E-state index in [4.69, 9.17) is 43.5 Å². The summed E-state index contributed by atoms with van der Waals surface area (Å²) in [5, 5.41) is 8.48. The molecule has 0 spiro atoms. The SMILES string of the molecule is CCC[C@H](C)Oc1nc(N(Cc2ccc(OC)cc2OC)Cc2ccc(OC)cc2OC)c2ncc(NC3CCN(C(=O)OC(C)(C)C)CC3)n2n1. The van der Waals surface area contributed by atoms with Gasteiger partial charge in [0.1, 0.15) is 34.4 Å². The van der Waals surface area contributed by atoms with E-state index in [0.29, 0.717) is 66.5 Å². The van der Waals surface area contributed by atoms with E-state index in [1.54, 1.807) is 44.1 Å². The second kappa shape index (κ2) is 16.9. The maximum atomic E-state index is 12.7. The highest BCUT2D eigenvalue weighted by Gasteiger charge is 2.29. The summed E-state index contributed by atoms with van der Waals surface area (Å²) in [5.41, 5.74) is 1.83. The molecule has 52 heavy (non-hydrogen) atoms. The fourth-order valence-corrected chi connectivity index (χ4v) is 6.18. The molecule has 1 amide bonds. The van der Waals surface area contributed by atoms with Crippen molar-refractivity contribution in [2.75, 3.05) is 51.7 Å². The minimum absolute atomic E-state index is 0.0867. The van der Waals surface area contributed by atoms with Crippen LogP contribution in [0.25, 0.3) is 5.65 Å². The lowest BCUT2D eigenvalue weighted by molar-refractivity contribution is 0.0210. The van der Waals surface area contributed by atoms with Crippen LogP contribution in [0.3, 0.4) is 0 Å². The van der Waals surface area contributed by atoms with Crippen LogP contribution in [-0.2, 0) is 17.8 Å². The maximum Gasteiger partial charge on any atom is 0.410 e. The molecule has 0 radical (unpaired) electrons. The van der Waals surface area contributed by atoms with Crippen molar-refractivity contribution in [1.82, 2.24) is 24.5 Å². The third kappa shape index (κ3) is 9.39. The predicted molar refractivity (Wildman–Crippen MR) is 199 cm³/mol. The lowest BCUT2D eigenvalue weighted by atomic mass is 10.1. The summed E-state index contributed by atoms with van der Waals surface area (Å²) in [6, 6.07) is 11.8. The number of nitrogens with zero attached hydrogens (tertiary/aromatic N) is 6. The Balaban J connectivity index is 1.54. The number of methoxy groups -OCH3 is 4. The molecule has 5 rings (SSSR count). The zero-order chi connectivity index (χ0) is 37.4. The molecule has 0 unspecified atom stereocenters. The molecule has 0 aliphatic carbocycles. The first-order valence-electron chi connectivity index (χ1n) is 17.8. The van der Waals surface area contributed by atoms with E-state index in [1.165, 1.54) is 0 Å². The lowest BCUT2D eigenvalue weighted by Crippen LogP contribution is -2.44. The Labute approximate surface area is 306 Å². The normalized spacial score (nSPS) is 14.1. The Kier molecular flexibility index (Phi) is 12.4. The number of aromatic nitrogens is 4. The molecule has 3 heterocycles. The fraction of sp³-hybridized carbons (Fsp3) is 0.526. The fourth-order valence-electron chi connectivity index (χ4n) is 6.18. The van der Waals surface area contributed by atoms with E-state index in [9.17, 15) is 4.79 Å². The number of hydrogen-bond acceptors (Lipinski definition) is 12. The summed E-state index contributed by atoms with van der Waals surface area (Å²) in [6.07, 6.45) is 4.65. The van der Waals surface area contributed by atoms with Crippen molar-refractivity contribution in [3.05, 3.63) is 53.7 Å². The monoisotopic (exact) mass is 719 g/mol. The molecule has 4 aromatic rings. The number of ether oxygens (including phenoxy) is 6. The van der Waals surface area contributed by atoms with Gasteiger partial charge in [-0.3, -0.25) is 0 Å². The van der Waals surface area contributed by atoms with Gasteiger partial charge in [-0.2, -0.15) is 9.50 Å². The zero-order valence-electron chi connectivity index (χ0n) is 31.9. The second-order valence-electron chi connectivity index (χ2n) is 13.9. The molecule has 282 valence electrons. The Morgan fingerprint density at radius 1 is 0.942 bits per heavy atom. The van der Waals surface area contributed by atoms with E-state index < -0.39 is 5.60 Å². The second-order valence-corrected chi connectivity index (χ2v) is 13.9. The van der Waals surface area contributed by atoms with Crippen molar-refractivity contribution < 1.29 is 33.2 Å². The number of amides is 1. The Morgan fingerprint density at radius 2 is 1.54 bits per heavy atom. The van der Waals surface area contributed by atoms with Crippen molar-refractivity contribution >= 4 is 23.4 Å². The summed E-state index contributed by atoms with van der Waals surface area (Å²) in [5.74, 6) is 3.99. The largest absolute Gasteiger partial charge is 0.497 e. The van der Waals surface area contributed by atoms with Gasteiger partial charge in [-0.25, -0.2) is 9.78 Å². The number of benzene rings is 2. The number of carbonyl (C=O) groups is 1. The average Bonchev–Trinajstić information content (AvgIpc) is 3.52. The number of fused-ring (bicyclic) bond motifs is 1. The Hall–Kier alpha value is -5.14. The van der Waals surface area contributed by atoms with Crippen LogP contribution in [0.1, 0.15) is 71.4 Å². The molecule has 1 aliphatic rings. The van der Waals surface area contributed by atoms with E-state index in [1.807, 2.05) is 64.1 Å². The smallest absolute Gasteiger partial charge is 0.410 e. The highest BCUT2D eigenvalue weighted by atomic mass is 16.6. The first kappa shape index (κ1) is 38.1. The van der Waals surface area contributed by atoms with Gasteiger partial charge in [0.25, 0.3) is 0 Å². The minimum atomic E-state index is -0.542. The predicted octanol–water partition coefficient (Wildman–Crippen LogP) is 6.74. The van der Waals surface area contributed by atoms with E-state index in [2.05, 4.69) is 17.1 Å².